The molecule has 13 heavy (non-hydrogen) atoms. The van der Waals surface area contributed by atoms with Crippen LogP contribution in [0.4, 0.5) is 0 Å². The lowest BCUT2D eigenvalue weighted by molar-refractivity contribution is 0.265. The Morgan fingerprint density at radius 2 is 1.08 bits per heavy atom. The second-order valence-corrected chi connectivity index (χ2v) is 4.72. The first-order valence-corrected chi connectivity index (χ1v) is 5.62. The zero-order chi connectivity index (χ0) is 10.9. The van der Waals surface area contributed by atoms with Crippen molar-refractivity contribution >= 4 is 0 Å². The number of hydrogen-bond donors (Lipinski definition) is 0. The Morgan fingerprint density at radius 1 is 0.846 bits per heavy atom. The van der Waals surface area contributed by atoms with Gasteiger partial charge in [-0.2, -0.15) is 0 Å². The molecule has 0 amide bonds. The largest absolute Gasteiger partial charge is 0.306 e. The van der Waals surface area contributed by atoms with Crippen LogP contribution in [0.1, 0.15) is 48.0 Å². The number of nitrogens with zero attached hydrogens (tertiary/aromatic N) is 1. The lowest BCUT2D eigenvalue weighted by atomic mass is 10.1. The molecule has 0 rings (SSSR count). The monoisotopic (exact) mass is 187 g/mol. The number of rotatable bonds is 4. The Balaban J connectivity index is 0. The molecule has 0 aromatic heterocycles. The molecule has 0 fully saturated rings. The Morgan fingerprint density at radius 3 is 1.23 bits per heavy atom. The molecule has 1 nitrogen and oxygen atoms in total. The molecule has 0 saturated heterocycles. The Kier molecular flexibility index (Phi) is 11.9. The smallest absolute Gasteiger partial charge is 0.000144 e. The van der Waals surface area contributed by atoms with Gasteiger partial charge in [0.2, 0.25) is 0 Å². The van der Waals surface area contributed by atoms with Gasteiger partial charge >= 0.3 is 0 Å². The SMILES string of the molecule is CC(C)CN(C)CC(C)C.CCC. The zero-order valence-electron chi connectivity index (χ0n) is 10.7. The Hall–Kier alpha value is -0.0400. The van der Waals surface area contributed by atoms with Crippen molar-refractivity contribution in [3.05, 3.63) is 0 Å². The van der Waals surface area contributed by atoms with Crippen molar-refractivity contribution in [2.45, 2.75) is 48.0 Å². The molecular weight excluding hydrogens is 158 g/mol. The van der Waals surface area contributed by atoms with Crippen LogP contribution in [0.2, 0.25) is 0 Å². The topological polar surface area (TPSA) is 3.24 Å². The fourth-order valence-corrected chi connectivity index (χ4v) is 1.32. The fourth-order valence-electron chi connectivity index (χ4n) is 1.32. The molecule has 0 heterocycles. The molecule has 0 aliphatic rings. The Bertz CT molecular complexity index is 77.1. The van der Waals surface area contributed by atoms with E-state index in [2.05, 4.69) is 53.5 Å². The van der Waals surface area contributed by atoms with Crippen LogP contribution in [-0.4, -0.2) is 25.0 Å². The summed E-state index contributed by atoms with van der Waals surface area (Å²) in [5.74, 6) is 1.59. The first-order chi connectivity index (χ1) is 5.93. The first-order valence-electron chi connectivity index (χ1n) is 5.62. The van der Waals surface area contributed by atoms with Crippen LogP contribution in [0, 0.1) is 11.8 Å². The van der Waals surface area contributed by atoms with E-state index in [4.69, 9.17) is 0 Å². The van der Waals surface area contributed by atoms with E-state index in [1.54, 1.807) is 0 Å². The summed E-state index contributed by atoms with van der Waals surface area (Å²) in [5, 5.41) is 0. The lowest BCUT2D eigenvalue weighted by Gasteiger charge is -2.20. The molecule has 0 spiro atoms. The molecule has 0 aromatic carbocycles. The fraction of sp³-hybridized carbons (Fsp3) is 1.00. The molecule has 0 radical (unpaired) electrons. The minimum absolute atomic E-state index is 0.795. The van der Waals surface area contributed by atoms with Crippen LogP contribution in [0.25, 0.3) is 0 Å². The molecule has 0 N–H and O–H groups in total. The predicted octanol–water partition coefficient (Wildman–Crippen LogP) is 3.65. The highest BCUT2D eigenvalue weighted by Crippen LogP contribution is 1.99. The van der Waals surface area contributed by atoms with Crippen molar-refractivity contribution in [3.8, 4) is 0 Å². The Labute approximate surface area is 85.5 Å². The minimum atomic E-state index is 0.795. The van der Waals surface area contributed by atoms with Crippen molar-refractivity contribution in [2.24, 2.45) is 11.8 Å². The third-order valence-corrected chi connectivity index (χ3v) is 1.35. The molecule has 0 saturated carbocycles. The van der Waals surface area contributed by atoms with E-state index in [0.29, 0.717) is 0 Å². The van der Waals surface area contributed by atoms with Crippen LogP contribution in [0.15, 0.2) is 0 Å². The lowest BCUT2D eigenvalue weighted by Crippen LogP contribution is -2.27. The third kappa shape index (κ3) is 18.7. The molecule has 0 aliphatic heterocycles. The highest BCUT2D eigenvalue weighted by molar-refractivity contribution is 4.56. The van der Waals surface area contributed by atoms with E-state index in [9.17, 15) is 0 Å². The maximum Gasteiger partial charge on any atom is 0.000144 e. The van der Waals surface area contributed by atoms with E-state index >= 15 is 0 Å². The molecule has 0 bridgehead atoms. The van der Waals surface area contributed by atoms with Crippen molar-refractivity contribution in [3.63, 3.8) is 0 Å². The highest BCUT2D eigenvalue weighted by atomic mass is 15.1. The summed E-state index contributed by atoms with van der Waals surface area (Å²) >= 11 is 0. The van der Waals surface area contributed by atoms with Gasteiger partial charge in [-0.3, -0.25) is 0 Å². The van der Waals surface area contributed by atoms with Gasteiger partial charge in [0.25, 0.3) is 0 Å². The van der Waals surface area contributed by atoms with Gasteiger partial charge in [-0.15, -0.1) is 0 Å². The summed E-state index contributed by atoms with van der Waals surface area (Å²) in [4.78, 5) is 2.40. The average molecular weight is 187 g/mol. The maximum absolute atomic E-state index is 2.40. The standard InChI is InChI=1S/C9H21N.C3H8/c1-8(2)6-10(5)7-9(3)4;1-3-2/h8-9H,6-7H2,1-5H3;3H2,1-2H3. The van der Waals surface area contributed by atoms with Gasteiger partial charge in [0.05, 0.1) is 0 Å². The average Bonchev–Trinajstić information content (AvgIpc) is 1.83. The van der Waals surface area contributed by atoms with Crippen molar-refractivity contribution < 1.29 is 0 Å². The molecule has 82 valence electrons. The van der Waals surface area contributed by atoms with Gasteiger partial charge < -0.3 is 4.90 Å². The van der Waals surface area contributed by atoms with Crippen molar-refractivity contribution in [1.82, 2.24) is 4.90 Å². The zero-order valence-corrected chi connectivity index (χ0v) is 10.7. The van der Waals surface area contributed by atoms with E-state index in [1.165, 1.54) is 19.5 Å². The molecule has 0 aliphatic carbocycles. The molecule has 0 unspecified atom stereocenters. The van der Waals surface area contributed by atoms with Gasteiger partial charge in [0.1, 0.15) is 0 Å². The highest BCUT2D eigenvalue weighted by Gasteiger charge is 2.02. The van der Waals surface area contributed by atoms with Gasteiger partial charge in [-0.1, -0.05) is 48.0 Å². The van der Waals surface area contributed by atoms with Crippen LogP contribution in [-0.2, 0) is 0 Å². The normalized spacial score (nSPS) is 10.6. The summed E-state index contributed by atoms with van der Waals surface area (Å²) in [6.07, 6.45) is 1.25. The second kappa shape index (κ2) is 10.0. The van der Waals surface area contributed by atoms with Crippen LogP contribution < -0.4 is 0 Å². The van der Waals surface area contributed by atoms with Crippen molar-refractivity contribution in [2.75, 3.05) is 20.1 Å². The number of hydrogen-bond acceptors (Lipinski definition) is 1. The molecule has 1 heteroatoms. The summed E-state index contributed by atoms with van der Waals surface area (Å²) in [5.41, 5.74) is 0. The maximum atomic E-state index is 2.40. The predicted molar refractivity (Wildman–Crippen MR) is 63.1 cm³/mol. The van der Waals surface area contributed by atoms with Crippen molar-refractivity contribution in [1.29, 1.82) is 0 Å². The van der Waals surface area contributed by atoms with Crippen LogP contribution in [0.3, 0.4) is 0 Å². The van der Waals surface area contributed by atoms with E-state index in [1.807, 2.05) is 0 Å². The first kappa shape index (κ1) is 15.4. The second-order valence-electron chi connectivity index (χ2n) is 4.72. The van der Waals surface area contributed by atoms with E-state index in [0.717, 1.165) is 11.8 Å². The van der Waals surface area contributed by atoms with Gasteiger partial charge in [-0.25, -0.2) is 0 Å². The molecular formula is C12H29N. The minimum Gasteiger partial charge on any atom is -0.306 e. The van der Waals surface area contributed by atoms with Gasteiger partial charge in [-0.05, 0) is 18.9 Å². The molecule has 0 atom stereocenters. The molecule has 0 aromatic rings. The van der Waals surface area contributed by atoms with Gasteiger partial charge in [0, 0.05) is 13.1 Å². The summed E-state index contributed by atoms with van der Waals surface area (Å²) < 4.78 is 0. The van der Waals surface area contributed by atoms with Crippen LogP contribution in [0.5, 0.6) is 0 Å². The summed E-state index contributed by atoms with van der Waals surface area (Å²) in [6.45, 7) is 15.7. The van der Waals surface area contributed by atoms with Crippen LogP contribution >= 0.6 is 0 Å². The quantitative estimate of drug-likeness (QED) is 0.649. The van der Waals surface area contributed by atoms with E-state index in [-0.39, 0.29) is 0 Å². The summed E-state index contributed by atoms with van der Waals surface area (Å²) in [6, 6.07) is 0. The van der Waals surface area contributed by atoms with Gasteiger partial charge in [0.15, 0.2) is 0 Å². The summed E-state index contributed by atoms with van der Waals surface area (Å²) in [7, 11) is 2.19. The third-order valence-electron chi connectivity index (χ3n) is 1.35. The van der Waals surface area contributed by atoms with E-state index < -0.39 is 0 Å².